The van der Waals surface area contributed by atoms with Crippen molar-refractivity contribution < 1.29 is 4.74 Å². The molecule has 0 radical (unpaired) electrons. The number of hydrogen-bond acceptors (Lipinski definition) is 6. The van der Waals surface area contributed by atoms with Gasteiger partial charge in [-0.05, 0) is 57.2 Å². The highest BCUT2D eigenvalue weighted by molar-refractivity contribution is 7.18. The van der Waals surface area contributed by atoms with Crippen LogP contribution in [0.5, 0.6) is 0 Å². The van der Waals surface area contributed by atoms with Crippen LogP contribution in [0.3, 0.4) is 0 Å². The molecule has 5 nitrogen and oxygen atoms in total. The standard InChI is InChI=1S/C22H24N4OS/c1-3-27-12-6-9-16-7-4-10-18-20(16)26-19(14-24-18)21-15(2)25-22(28-21)17-8-5-11-23-13-17/h5,8-9,11,13-14H,3-4,6-7,10,12H2,1-2H3/b16-9+. The first-order valence-electron chi connectivity index (χ1n) is 9.77. The SMILES string of the molecule is CCOCC/C=C1\CCCc2ncc(-c3sc(-c4cccnc4)nc3C)nc21. The Balaban J connectivity index is 1.66. The fraction of sp³-hybridized carbons (Fsp3) is 0.364. The van der Waals surface area contributed by atoms with Crippen LogP contribution in [-0.4, -0.2) is 33.1 Å². The van der Waals surface area contributed by atoms with E-state index in [-0.39, 0.29) is 0 Å². The highest BCUT2D eigenvalue weighted by Gasteiger charge is 2.20. The Labute approximate surface area is 169 Å². The van der Waals surface area contributed by atoms with Gasteiger partial charge in [0.05, 0.1) is 34.8 Å². The molecule has 3 heterocycles. The lowest BCUT2D eigenvalue weighted by molar-refractivity contribution is 0.152. The van der Waals surface area contributed by atoms with E-state index < -0.39 is 0 Å². The molecule has 0 N–H and O–H groups in total. The third-order valence-corrected chi connectivity index (χ3v) is 6.04. The molecule has 0 atom stereocenters. The minimum atomic E-state index is 0.755. The van der Waals surface area contributed by atoms with Gasteiger partial charge in [-0.25, -0.2) is 9.97 Å². The maximum absolute atomic E-state index is 5.47. The highest BCUT2D eigenvalue weighted by Crippen LogP contribution is 2.36. The summed E-state index contributed by atoms with van der Waals surface area (Å²) in [5.41, 5.74) is 6.37. The number of hydrogen-bond donors (Lipinski definition) is 0. The summed E-state index contributed by atoms with van der Waals surface area (Å²) in [6.07, 6.45) is 11.9. The van der Waals surface area contributed by atoms with Crippen LogP contribution in [0.25, 0.3) is 26.7 Å². The number of nitrogens with zero attached hydrogens (tertiary/aromatic N) is 4. The Hall–Kier alpha value is -2.44. The van der Waals surface area contributed by atoms with E-state index in [1.807, 2.05) is 38.4 Å². The van der Waals surface area contributed by atoms with E-state index >= 15 is 0 Å². The number of ether oxygens (including phenoxy) is 1. The van der Waals surface area contributed by atoms with E-state index in [1.54, 1.807) is 17.5 Å². The van der Waals surface area contributed by atoms with Gasteiger partial charge >= 0.3 is 0 Å². The monoisotopic (exact) mass is 392 g/mol. The number of aromatic nitrogens is 4. The molecule has 6 heteroatoms. The van der Waals surface area contributed by atoms with Crippen molar-refractivity contribution in [1.82, 2.24) is 19.9 Å². The van der Waals surface area contributed by atoms with Gasteiger partial charge in [0, 0.05) is 24.6 Å². The van der Waals surface area contributed by atoms with Crippen LogP contribution in [0.15, 0.2) is 36.8 Å². The molecular formula is C22H24N4OS. The minimum absolute atomic E-state index is 0.755. The van der Waals surface area contributed by atoms with Crippen LogP contribution < -0.4 is 0 Å². The lowest BCUT2D eigenvalue weighted by Gasteiger charge is -2.18. The van der Waals surface area contributed by atoms with Crippen molar-refractivity contribution in [2.45, 2.75) is 39.5 Å². The van der Waals surface area contributed by atoms with Gasteiger partial charge in [0.25, 0.3) is 0 Å². The van der Waals surface area contributed by atoms with Crippen molar-refractivity contribution in [1.29, 1.82) is 0 Å². The summed E-state index contributed by atoms with van der Waals surface area (Å²) in [5, 5.41) is 0.965. The van der Waals surface area contributed by atoms with Crippen LogP contribution in [0.1, 0.15) is 43.3 Å². The summed E-state index contributed by atoms with van der Waals surface area (Å²) in [5.74, 6) is 0. The smallest absolute Gasteiger partial charge is 0.125 e. The molecule has 0 bridgehead atoms. The lowest BCUT2D eigenvalue weighted by atomic mass is 9.94. The van der Waals surface area contributed by atoms with Gasteiger partial charge in [0.15, 0.2) is 0 Å². The van der Waals surface area contributed by atoms with Gasteiger partial charge < -0.3 is 4.74 Å². The van der Waals surface area contributed by atoms with Gasteiger partial charge in [-0.3, -0.25) is 9.97 Å². The first kappa shape index (κ1) is 18.9. The van der Waals surface area contributed by atoms with Crippen molar-refractivity contribution in [2.75, 3.05) is 13.2 Å². The largest absolute Gasteiger partial charge is 0.381 e. The maximum Gasteiger partial charge on any atom is 0.125 e. The Bertz CT molecular complexity index is 981. The third-order valence-electron chi connectivity index (χ3n) is 4.81. The first-order valence-corrected chi connectivity index (χ1v) is 10.6. The third kappa shape index (κ3) is 4.03. The number of thiazole rings is 1. The second-order valence-corrected chi connectivity index (χ2v) is 7.79. The van der Waals surface area contributed by atoms with E-state index in [0.717, 1.165) is 77.1 Å². The summed E-state index contributed by atoms with van der Waals surface area (Å²) >= 11 is 1.65. The van der Waals surface area contributed by atoms with Crippen molar-refractivity contribution in [3.63, 3.8) is 0 Å². The van der Waals surface area contributed by atoms with Crippen LogP contribution in [0.2, 0.25) is 0 Å². The van der Waals surface area contributed by atoms with Crippen LogP contribution >= 0.6 is 11.3 Å². The summed E-state index contributed by atoms with van der Waals surface area (Å²) in [7, 11) is 0. The molecule has 0 amide bonds. The average molecular weight is 393 g/mol. The molecule has 0 saturated carbocycles. The fourth-order valence-electron chi connectivity index (χ4n) is 3.43. The Morgan fingerprint density at radius 1 is 1.21 bits per heavy atom. The van der Waals surface area contributed by atoms with Gasteiger partial charge in [-0.1, -0.05) is 6.08 Å². The molecule has 1 aliphatic rings. The van der Waals surface area contributed by atoms with Crippen molar-refractivity contribution in [2.24, 2.45) is 0 Å². The molecule has 0 spiro atoms. The van der Waals surface area contributed by atoms with Crippen molar-refractivity contribution >= 4 is 16.9 Å². The highest BCUT2D eigenvalue weighted by atomic mass is 32.1. The predicted molar refractivity (Wildman–Crippen MR) is 113 cm³/mol. The van der Waals surface area contributed by atoms with Crippen LogP contribution in [-0.2, 0) is 11.2 Å². The molecule has 0 aromatic carbocycles. The molecule has 0 saturated heterocycles. The Morgan fingerprint density at radius 2 is 2.14 bits per heavy atom. The van der Waals surface area contributed by atoms with E-state index in [2.05, 4.69) is 11.1 Å². The number of aryl methyl sites for hydroxylation is 2. The zero-order chi connectivity index (χ0) is 19.3. The molecule has 28 heavy (non-hydrogen) atoms. The van der Waals surface area contributed by atoms with Crippen molar-refractivity contribution in [3.8, 4) is 21.1 Å². The normalized spacial score (nSPS) is 15.0. The average Bonchev–Trinajstić information content (AvgIpc) is 3.13. The summed E-state index contributed by atoms with van der Waals surface area (Å²) < 4.78 is 5.47. The molecule has 3 aromatic heterocycles. The number of fused-ring (bicyclic) bond motifs is 1. The van der Waals surface area contributed by atoms with Gasteiger partial charge in [0.2, 0.25) is 0 Å². The van der Waals surface area contributed by atoms with E-state index in [4.69, 9.17) is 19.7 Å². The lowest BCUT2D eigenvalue weighted by Crippen LogP contribution is -2.08. The number of allylic oxidation sites excluding steroid dienone is 1. The molecule has 0 unspecified atom stereocenters. The molecule has 0 fully saturated rings. The van der Waals surface area contributed by atoms with Crippen molar-refractivity contribution in [3.05, 3.63) is 53.9 Å². The molecule has 144 valence electrons. The first-order chi connectivity index (χ1) is 13.8. The van der Waals surface area contributed by atoms with E-state index in [0.29, 0.717) is 0 Å². The Kier molecular flexibility index (Phi) is 5.88. The Morgan fingerprint density at radius 3 is 2.96 bits per heavy atom. The van der Waals surface area contributed by atoms with Crippen LogP contribution in [0, 0.1) is 6.92 Å². The molecule has 3 aromatic rings. The zero-order valence-corrected chi connectivity index (χ0v) is 17.1. The second kappa shape index (κ2) is 8.71. The number of pyridine rings is 1. The topological polar surface area (TPSA) is 60.8 Å². The fourth-order valence-corrected chi connectivity index (χ4v) is 4.45. The molecular weight excluding hydrogens is 368 g/mol. The minimum Gasteiger partial charge on any atom is -0.381 e. The summed E-state index contributed by atoms with van der Waals surface area (Å²) in [6, 6.07) is 3.97. The zero-order valence-electron chi connectivity index (χ0n) is 16.3. The van der Waals surface area contributed by atoms with Crippen LogP contribution in [0.4, 0.5) is 0 Å². The second-order valence-electron chi connectivity index (χ2n) is 6.79. The molecule has 0 aliphatic heterocycles. The quantitative estimate of drug-likeness (QED) is 0.545. The maximum atomic E-state index is 5.47. The predicted octanol–water partition coefficient (Wildman–Crippen LogP) is 5.12. The van der Waals surface area contributed by atoms with Gasteiger partial charge in [-0.15, -0.1) is 11.3 Å². The van der Waals surface area contributed by atoms with Gasteiger partial charge in [0.1, 0.15) is 10.7 Å². The molecule has 4 rings (SSSR count). The van der Waals surface area contributed by atoms with Gasteiger partial charge in [-0.2, -0.15) is 0 Å². The summed E-state index contributed by atoms with van der Waals surface area (Å²) in [6.45, 7) is 5.57. The summed E-state index contributed by atoms with van der Waals surface area (Å²) in [4.78, 5) is 19.8. The number of rotatable bonds is 6. The molecule has 1 aliphatic carbocycles. The van der Waals surface area contributed by atoms with E-state index in [1.165, 1.54) is 5.57 Å². The van der Waals surface area contributed by atoms with E-state index in [9.17, 15) is 0 Å².